The van der Waals surface area contributed by atoms with Crippen LogP contribution in [0, 0.1) is 23.7 Å². The fourth-order valence-corrected chi connectivity index (χ4v) is 4.99. The first-order chi connectivity index (χ1) is 8.31. The first-order valence-corrected chi connectivity index (χ1v) is 7.52. The summed E-state index contributed by atoms with van der Waals surface area (Å²) >= 11 is 0. The molecule has 0 aromatic rings. The van der Waals surface area contributed by atoms with E-state index in [9.17, 15) is 5.11 Å². The second kappa shape index (κ2) is 4.89. The molecule has 0 aromatic heterocycles. The molecule has 0 saturated heterocycles. The molecule has 0 spiro atoms. The molecule has 3 saturated carbocycles. The van der Waals surface area contributed by atoms with Crippen LogP contribution in [0.1, 0.15) is 51.4 Å². The molecule has 1 N–H and O–H groups in total. The molecular weight excluding hydrogens is 212 g/mol. The molecule has 0 heterocycles. The Morgan fingerprint density at radius 1 is 0.882 bits per heavy atom. The second-order valence-corrected chi connectivity index (χ2v) is 6.47. The predicted molar refractivity (Wildman–Crippen MR) is 67.7 cm³/mol. The highest BCUT2D eigenvalue weighted by atomic mass is 16.5. The van der Waals surface area contributed by atoms with Crippen molar-refractivity contribution in [2.75, 3.05) is 7.11 Å². The molecule has 6 atom stereocenters. The molecule has 2 heteroatoms. The van der Waals surface area contributed by atoms with E-state index in [4.69, 9.17) is 4.74 Å². The molecule has 3 aliphatic rings. The Morgan fingerprint density at radius 3 is 2.47 bits per heavy atom. The fraction of sp³-hybridized carbons (Fsp3) is 1.00. The van der Waals surface area contributed by atoms with Gasteiger partial charge < -0.3 is 9.84 Å². The van der Waals surface area contributed by atoms with Crippen molar-refractivity contribution in [2.45, 2.75) is 63.6 Å². The highest BCUT2D eigenvalue weighted by Crippen LogP contribution is 2.51. The van der Waals surface area contributed by atoms with Gasteiger partial charge in [0.25, 0.3) is 0 Å². The summed E-state index contributed by atoms with van der Waals surface area (Å²) < 4.78 is 5.87. The van der Waals surface area contributed by atoms with Gasteiger partial charge in [-0.15, -0.1) is 0 Å². The zero-order valence-corrected chi connectivity index (χ0v) is 11.0. The van der Waals surface area contributed by atoms with Crippen LogP contribution < -0.4 is 0 Å². The van der Waals surface area contributed by atoms with Crippen molar-refractivity contribution in [3.8, 4) is 0 Å². The maximum Gasteiger partial charge on any atom is 0.0633 e. The van der Waals surface area contributed by atoms with Gasteiger partial charge in [0.15, 0.2) is 0 Å². The van der Waals surface area contributed by atoms with Crippen LogP contribution in [0.15, 0.2) is 0 Å². The lowest BCUT2D eigenvalue weighted by molar-refractivity contribution is -0.126. The van der Waals surface area contributed by atoms with E-state index in [0.29, 0.717) is 17.9 Å². The van der Waals surface area contributed by atoms with Crippen molar-refractivity contribution in [1.82, 2.24) is 0 Å². The Balaban J connectivity index is 1.81. The normalized spacial score (nSPS) is 50.5. The van der Waals surface area contributed by atoms with E-state index in [0.717, 1.165) is 18.3 Å². The minimum Gasteiger partial charge on any atom is -0.393 e. The van der Waals surface area contributed by atoms with Crippen LogP contribution in [0.4, 0.5) is 0 Å². The molecule has 6 unspecified atom stereocenters. The number of methoxy groups -OCH3 is 1. The molecule has 3 rings (SSSR count). The molecule has 0 amide bonds. The summed E-state index contributed by atoms with van der Waals surface area (Å²) in [7, 11) is 1.89. The number of aliphatic hydroxyl groups is 1. The molecule has 0 radical (unpaired) electrons. The third-order valence-corrected chi connectivity index (χ3v) is 5.74. The van der Waals surface area contributed by atoms with Gasteiger partial charge in [-0.3, -0.25) is 0 Å². The summed E-state index contributed by atoms with van der Waals surface area (Å²) in [6.45, 7) is 0. The number of rotatable bonds is 1. The zero-order valence-electron chi connectivity index (χ0n) is 11.0. The SMILES string of the molecule is COC1C2CCCCC2CC2C(O)CCCC21. The Bertz CT molecular complexity index is 266. The van der Waals surface area contributed by atoms with Crippen molar-refractivity contribution >= 4 is 0 Å². The van der Waals surface area contributed by atoms with Crippen LogP contribution in [0.25, 0.3) is 0 Å². The van der Waals surface area contributed by atoms with Gasteiger partial charge in [0, 0.05) is 7.11 Å². The summed E-state index contributed by atoms with van der Waals surface area (Å²) in [5, 5.41) is 10.3. The molecular formula is C15H26O2. The molecule has 0 bridgehead atoms. The minimum absolute atomic E-state index is 0.0470. The van der Waals surface area contributed by atoms with Crippen LogP contribution >= 0.6 is 0 Å². The number of hydrogen-bond acceptors (Lipinski definition) is 2. The largest absolute Gasteiger partial charge is 0.393 e. The topological polar surface area (TPSA) is 29.5 Å². The van der Waals surface area contributed by atoms with Gasteiger partial charge in [-0.25, -0.2) is 0 Å². The van der Waals surface area contributed by atoms with E-state index in [2.05, 4.69) is 0 Å². The summed E-state index contributed by atoms with van der Waals surface area (Å²) in [4.78, 5) is 0. The maximum atomic E-state index is 10.3. The average Bonchev–Trinajstić information content (AvgIpc) is 2.37. The fourth-order valence-electron chi connectivity index (χ4n) is 4.99. The van der Waals surface area contributed by atoms with Crippen molar-refractivity contribution in [2.24, 2.45) is 23.7 Å². The monoisotopic (exact) mass is 238 g/mol. The zero-order chi connectivity index (χ0) is 11.8. The Morgan fingerprint density at radius 2 is 1.65 bits per heavy atom. The minimum atomic E-state index is -0.0470. The molecule has 3 fully saturated rings. The van der Waals surface area contributed by atoms with Crippen LogP contribution in [0.3, 0.4) is 0 Å². The van der Waals surface area contributed by atoms with Crippen LogP contribution in [0.2, 0.25) is 0 Å². The highest BCUT2D eigenvalue weighted by molar-refractivity contribution is 4.98. The van der Waals surface area contributed by atoms with Crippen molar-refractivity contribution in [3.63, 3.8) is 0 Å². The van der Waals surface area contributed by atoms with Gasteiger partial charge in [0.05, 0.1) is 12.2 Å². The van der Waals surface area contributed by atoms with Crippen molar-refractivity contribution in [3.05, 3.63) is 0 Å². The first kappa shape index (κ1) is 12.0. The van der Waals surface area contributed by atoms with Crippen LogP contribution in [0.5, 0.6) is 0 Å². The Labute approximate surface area is 105 Å². The molecule has 0 aliphatic heterocycles. The predicted octanol–water partition coefficient (Wildman–Crippen LogP) is 2.99. The molecule has 98 valence electrons. The van der Waals surface area contributed by atoms with E-state index in [1.807, 2.05) is 7.11 Å². The summed E-state index contributed by atoms with van der Waals surface area (Å²) in [6.07, 6.45) is 10.7. The molecule has 3 aliphatic carbocycles. The highest BCUT2D eigenvalue weighted by Gasteiger charge is 2.48. The number of ether oxygens (including phenoxy) is 1. The Kier molecular flexibility index (Phi) is 3.45. The Hall–Kier alpha value is -0.0800. The second-order valence-electron chi connectivity index (χ2n) is 6.47. The third kappa shape index (κ3) is 2.04. The van der Waals surface area contributed by atoms with Gasteiger partial charge in [-0.05, 0) is 49.4 Å². The first-order valence-electron chi connectivity index (χ1n) is 7.52. The lowest BCUT2D eigenvalue weighted by Gasteiger charge is -2.51. The molecule has 17 heavy (non-hydrogen) atoms. The van der Waals surface area contributed by atoms with Crippen LogP contribution in [-0.2, 0) is 4.74 Å². The van der Waals surface area contributed by atoms with E-state index in [1.54, 1.807) is 0 Å². The summed E-state index contributed by atoms with van der Waals surface area (Å²) in [6, 6.07) is 0. The van der Waals surface area contributed by atoms with Gasteiger partial charge in [0.2, 0.25) is 0 Å². The molecule has 2 nitrogen and oxygen atoms in total. The number of hydrogen-bond donors (Lipinski definition) is 1. The van der Waals surface area contributed by atoms with E-state index < -0.39 is 0 Å². The van der Waals surface area contributed by atoms with Crippen molar-refractivity contribution < 1.29 is 9.84 Å². The summed E-state index contributed by atoms with van der Waals surface area (Å²) in [5.41, 5.74) is 0. The quantitative estimate of drug-likeness (QED) is 0.761. The van der Waals surface area contributed by atoms with Gasteiger partial charge >= 0.3 is 0 Å². The van der Waals surface area contributed by atoms with Crippen molar-refractivity contribution in [1.29, 1.82) is 0 Å². The standard InChI is InChI=1S/C15H26O2/c1-17-15-11-6-3-2-5-10(11)9-13-12(15)7-4-8-14(13)16/h10-16H,2-9H2,1H3. The number of fused-ring (bicyclic) bond motifs is 2. The lowest BCUT2D eigenvalue weighted by atomic mass is 9.57. The number of aliphatic hydroxyl groups excluding tert-OH is 1. The lowest BCUT2D eigenvalue weighted by Crippen LogP contribution is -2.51. The van der Waals surface area contributed by atoms with Crippen LogP contribution in [-0.4, -0.2) is 24.4 Å². The average molecular weight is 238 g/mol. The van der Waals surface area contributed by atoms with E-state index >= 15 is 0 Å². The van der Waals surface area contributed by atoms with Gasteiger partial charge in [0.1, 0.15) is 0 Å². The third-order valence-electron chi connectivity index (χ3n) is 5.74. The van der Waals surface area contributed by atoms with Gasteiger partial charge in [-0.2, -0.15) is 0 Å². The van der Waals surface area contributed by atoms with Gasteiger partial charge in [-0.1, -0.05) is 25.7 Å². The summed E-state index contributed by atoms with van der Waals surface area (Å²) in [5.74, 6) is 2.80. The smallest absolute Gasteiger partial charge is 0.0633 e. The van der Waals surface area contributed by atoms with E-state index in [-0.39, 0.29) is 6.10 Å². The molecule has 0 aromatic carbocycles. The maximum absolute atomic E-state index is 10.3. The van der Waals surface area contributed by atoms with E-state index in [1.165, 1.54) is 44.9 Å².